The summed E-state index contributed by atoms with van der Waals surface area (Å²) in [5.41, 5.74) is -0.119. The first-order chi connectivity index (χ1) is 12.4. The Kier molecular flexibility index (Phi) is 4.31. The summed E-state index contributed by atoms with van der Waals surface area (Å²) in [4.78, 5) is 26.7. The van der Waals surface area contributed by atoms with E-state index in [4.69, 9.17) is 0 Å². The van der Waals surface area contributed by atoms with E-state index in [1.54, 1.807) is 6.92 Å². The number of aliphatic hydroxyl groups is 1. The van der Waals surface area contributed by atoms with Gasteiger partial charge in [-0.3, -0.25) is 9.69 Å². The van der Waals surface area contributed by atoms with Crippen LogP contribution in [0.2, 0.25) is 0 Å². The Morgan fingerprint density at radius 3 is 2.58 bits per heavy atom. The largest absolute Gasteiger partial charge is 0.477 e. The van der Waals surface area contributed by atoms with Crippen molar-refractivity contribution >= 4 is 23.6 Å². The number of thioether (sulfide) groups is 1. The van der Waals surface area contributed by atoms with E-state index in [0.717, 1.165) is 30.6 Å². The maximum Gasteiger partial charge on any atom is 0.353 e. The standard InChI is InChI=1S/C19H22N2O4S/c1-12(22)13-16(23)21-14(18(24)25)15(26-17(13)21)19(7-3-4-8-19)11-20-9-5-2-6-10-20/h2,5-6,9-10,12-13,17,22H,3-4,7-8,11H2,1H3/p+1/t12-,13+,17-/m1/s1. The lowest BCUT2D eigenvalue weighted by Crippen LogP contribution is -2.60. The van der Waals surface area contributed by atoms with Crippen LogP contribution >= 0.6 is 11.8 Å². The smallest absolute Gasteiger partial charge is 0.353 e. The molecule has 0 unspecified atom stereocenters. The van der Waals surface area contributed by atoms with Crippen LogP contribution in [0.25, 0.3) is 0 Å². The van der Waals surface area contributed by atoms with Gasteiger partial charge in [0.25, 0.3) is 0 Å². The molecule has 6 nitrogen and oxygen atoms in total. The molecule has 1 aromatic rings. The monoisotopic (exact) mass is 375 g/mol. The fourth-order valence-corrected chi connectivity index (χ4v) is 6.42. The van der Waals surface area contributed by atoms with Crippen LogP contribution in [-0.2, 0) is 16.1 Å². The van der Waals surface area contributed by atoms with Crippen molar-refractivity contribution in [3.63, 3.8) is 0 Å². The molecule has 1 aromatic heterocycles. The highest BCUT2D eigenvalue weighted by atomic mass is 32.2. The van der Waals surface area contributed by atoms with E-state index >= 15 is 0 Å². The van der Waals surface area contributed by atoms with Gasteiger partial charge in [0.2, 0.25) is 5.91 Å². The lowest BCUT2D eigenvalue weighted by molar-refractivity contribution is -0.708. The number of carbonyl (C=O) groups excluding carboxylic acids is 1. The molecule has 4 rings (SSSR count). The summed E-state index contributed by atoms with van der Waals surface area (Å²) < 4.78 is 2.10. The first-order valence-corrected chi connectivity index (χ1v) is 9.92. The summed E-state index contributed by atoms with van der Waals surface area (Å²) in [6.07, 6.45) is 7.18. The molecule has 138 valence electrons. The molecule has 3 heterocycles. The van der Waals surface area contributed by atoms with Gasteiger partial charge in [-0.15, -0.1) is 11.8 Å². The summed E-state index contributed by atoms with van der Waals surface area (Å²) in [6.45, 7) is 2.31. The van der Waals surface area contributed by atoms with Crippen LogP contribution in [-0.4, -0.2) is 38.5 Å². The molecule has 1 amide bonds. The van der Waals surface area contributed by atoms with E-state index in [0.29, 0.717) is 6.54 Å². The number of fused-ring (bicyclic) bond motifs is 1. The SMILES string of the molecule is C[C@@H](O)[C@H]1C(=O)N2C(C(=O)O)=C(C3(C[n+]4ccccc4)CCCC3)S[C@H]12. The molecule has 3 atom stereocenters. The summed E-state index contributed by atoms with van der Waals surface area (Å²) in [5, 5.41) is 19.5. The Balaban J connectivity index is 1.74. The number of carboxylic acid groups (broad SMARTS) is 1. The lowest BCUT2D eigenvalue weighted by atomic mass is 9.83. The first kappa shape index (κ1) is 17.5. The summed E-state index contributed by atoms with van der Waals surface area (Å²) in [7, 11) is 0. The lowest BCUT2D eigenvalue weighted by Gasteiger charge is -2.43. The third-order valence-electron chi connectivity index (χ3n) is 5.81. The minimum Gasteiger partial charge on any atom is -0.477 e. The van der Waals surface area contributed by atoms with Gasteiger partial charge in [-0.05, 0) is 19.8 Å². The third kappa shape index (κ3) is 2.56. The average Bonchev–Trinajstić information content (AvgIpc) is 3.19. The Hall–Kier alpha value is -1.86. The number of pyridine rings is 1. The predicted molar refractivity (Wildman–Crippen MR) is 95.6 cm³/mol. The zero-order valence-electron chi connectivity index (χ0n) is 14.7. The molecule has 2 N–H and O–H groups in total. The normalized spacial score (nSPS) is 28.1. The molecule has 26 heavy (non-hydrogen) atoms. The molecule has 0 aromatic carbocycles. The second-order valence-corrected chi connectivity index (χ2v) is 8.63. The second-order valence-electron chi connectivity index (χ2n) is 7.50. The third-order valence-corrected chi connectivity index (χ3v) is 7.41. The molecule has 0 bridgehead atoms. The summed E-state index contributed by atoms with van der Waals surface area (Å²) >= 11 is 1.48. The van der Waals surface area contributed by atoms with Crippen molar-refractivity contribution in [1.82, 2.24) is 4.90 Å². The van der Waals surface area contributed by atoms with Crippen LogP contribution < -0.4 is 4.57 Å². The maximum atomic E-state index is 12.5. The fraction of sp³-hybridized carbons (Fsp3) is 0.526. The quantitative estimate of drug-likeness (QED) is 0.605. The molecule has 3 aliphatic rings. The number of aromatic nitrogens is 1. The summed E-state index contributed by atoms with van der Waals surface area (Å²) in [5.74, 6) is -1.84. The van der Waals surface area contributed by atoms with Gasteiger partial charge in [-0.2, -0.15) is 0 Å². The molecule has 1 saturated carbocycles. The van der Waals surface area contributed by atoms with Crippen LogP contribution in [0.15, 0.2) is 41.2 Å². The van der Waals surface area contributed by atoms with Gasteiger partial charge < -0.3 is 10.2 Å². The number of allylic oxidation sites excluding steroid dienone is 1. The number of β-lactam (4-membered cyclic amide) rings is 1. The zero-order valence-corrected chi connectivity index (χ0v) is 15.5. The van der Waals surface area contributed by atoms with Crippen molar-refractivity contribution in [1.29, 1.82) is 0 Å². The number of hydrogen-bond donors (Lipinski definition) is 2. The van der Waals surface area contributed by atoms with Gasteiger partial charge in [-0.1, -0.05) is 18.9 Å². The number of nitrogens with zero attached hydrogens (tertiary/aromatic N) is 2. The van der Waals surface area contributed by atoms with E-state index in [1.807, 2.05) is 30.6 Å². The molecular weight excluding hydrogens is 352 g/mol. The van der Waals surface area contributed by atoms with Crippen LogP contribution in [0, 0.1) is 11.3 Å². The molecule has 7 heteroatoms. The number of amides is 1. The van der Waals surface area contributed by atoms with E-state index in [2.05, 4.69) is 4.57 Å². The van der Waals surface area contributed by atoms with Gasteiger partial charge >= 0.3 is 5.97 Å². The molecule has 2 aliphatic heterocycles. The minimum atomic E-state index is -1.04. The van der Waals surface area contributed by atoms with E-state index in [-0.39, 0.29) is 22.4 Å². The van der Waals surface area contributed by atoms with Gasteiger partial charge in [0.1, 0.15) is 11.1 Å². The van der Waals surface area contributed by atoms with Gasteiger partial charge in [-0.25, -0.2) is 9.36 Å². The Morgan fingerprint density at radius 1 is 1.35 bits per heavy atom. The maximum absolute atomic E-state index is 12.5. The molecule has 0 spiro atoms. The number of rotatable bonds is 5. The van der Waals surface area contributed by atoms with E-state index in [1.165, 1.54) is 16.7 Å². The average molecular weight is 375 g/mol. The molecular formula is C19H23N2O4S+. The fourth-order valence-electron chi connectivity index (χ4n) is 4.55. The van der Waals surface area contributed by atoms with Crippen molar-refractivity contribution in [2.45, 2.75) is 50.6 Å². The van der Waals surface area contributed by atoms with E-state index < -0.39 is 18.0 Å². The highest BCUT2D eigenvalue weighted by Crippen LogP contribution is 2.59. The first-order valence-electron chi connectivity index (χ1n) is 9.04. The second kappa shape index (κ2) is 6.39. The molecule has 0 radical (unpaired) electrons. The Bertz CT molecular complexity index is 771. The van der Waals surface area contributed by atoms with Crippen molar-refractivity contribution in [3.8, 4) is 0 Å². The van der Waals surface area contributed by atoms with Crippen molar-refractivity contribution in [2.24, 2.45) is 11.3 Å². The van der Waals surface area contributed by atoms with Gasteiger partial charge in [0.05, 0.1) is 17.4 Å². The van der Waals surface area contributed by atoms with E-state index in [9.17, 15) is 19.8 Å². The topological polar surface area (TPSA) is 81.7 Å². The highest BCUT2D eigenvalue weighted by molar-refractivity contribution is 8.04. The Morgan fingerprint density at radius 2 is 2.00 bits per heavy atom. The number of aliphatic hydroxyl groups excluding tert-OH is 1. The number of aliphatic carboxylic acids is 1. The van der Waals surface area contributed by atoms with Crippen LogP contribution in [0.3, 0.4) is 0 Å². The zero-order chi connectivity index (χ0) is 18.5. The minimum absolute atomic E-state index is 0.139. The Labute approximate surface area is 156 Å². The number of carboxylic acids is 1. The van der Waals surface area contributed by atoms with Crippen molar-refractivity contribution in [2.75, 3.05) is 0 Å². The summed E-state index contributed by atoms with van der Waals surface area (Å²) in [6, 6.07) is 5.90. The van der Waals surface area contributed by atoms with Gasteiger partial charge in [0, 0.05) is 17.0 Å². The molecule has 2 fully saturated rings. The number of hydrogen-bond acceptors (Lipinski definition) is 4. The van der Waals surface area contributed by atoms with Crippen LogP contribution in [0.5, 0.6) is 0 Å². The van der Waals surface area contributed by atoms with Gasteiger partial charge in [0.15, 0.2) is 18.9 Å². The predicted octanol–water partition coefficient (Wildman–Crippen LogP) is 1.74. The van der Waals surface area contributed by atoms with Crippen LogP contribution in [0.1, 0.15) is 32.6 Å². The van der Waals surface area contributed by atoms with Crippen molar-refractivity contribution in [3.05, 3.63) is 41.2 Å². The molecule has 1 aliphatic carbocycles. The molecule has 1 saturated heterocycles. The van der Waals surface area contributed by atoms with Crippen molar-refractivity contribution < 1.29 is 24.4 Å². The highest BCUT2D eigenvalue weighted by Gasteiger charge is 2.61. The van der Waals surface area contributed by atoms with Crippen LogP contribution in [0.4, 0.5) is 0 Å². The number of carbonyl (C=O) groups is 2.